The lowest BCUT2D eigenvalue weighted by molar-refractivity contribution is -0.123. The molecule has 1 fully saturated rings. The van der Waals surface area contributed by atoms with Gasteiger partial charge in [0.2, 0.25) is 10.0 Å². The molecule has 1 atom stereocenters. The minimum absolute atomic E-state index is 0.0811. The molecule has 2 aliphatic rings. The second-order valence-electron chi connectivity index (χ2n) is 6.87. The van der Waals surface area contributed by atoms with Gasteiger partial charge in [-0.1, -0.05) is 6.92 Å². The molecule has 1 saturated heterocycles. The van der Waals surface area contributed by atoms with Crippen LogP contribution in [0.5, 0.6) is 5.75 Å². The standard InChI is InChI=1S/C19H21N3O5S2/c1-2-16-18(23)20-15-11-14(3-4-17(15)27-16)29(25,26)22-8-6-21(7-9-22)19(24)13-5-10-28-12-13/h3-5,10-12,16H,2,6-9H2,1H3,(H,20,23)/t16-/m1/s1. The van der Waals surface area contributed by atoms with E-state index in [2.05, 4.69) is 5.32 Å². The van der Waals surface area contributed by atoms with Crippen LogP contribution in [0, 0.1) is 0 Å². The van der Waals surface area contributed by atoms with Gasteiger partial charge in [-0.05, 0) is 36.1 Å². The molecule has 29 heavy (non-hydrogen) atoms. The van der Waals surface area contributed by atoms with Crippen LogP contribution >= 0.6 is 11.3 Å². The number of nitrogens with one attached hydrogen (secondary N) is 1. The van der Waals surface area contributed by atoms with E-state index in [1.807, 2.05) is 12.3 Å². The zero-order valence-corrected chi connectivity index (χ0v) is 17.5. The summed E-state index contributed by atoms with van der Waals surface area (Å²) < 4.78 is 33.1. The fraction of sp³-hybridized carbons (Fsp3) is 0.368. The third-order valence-corrected chi connectivity index (χ3v) is 7.65. The summed E-state index contributed by atoms with van der Waals surface area (Å²) >= 11 is 1.45. The Morgan fingerprint density at radius 3 is 2.66 bits per heavy atom. The summed E-state index contributed by atoms with van der Waals surface area (Å²) in [5, 5.41) is 6.35. The lowest BCUT2D eigenvalue weighted by Gasteiger charge is -2.34. The SMILES string of the molecule is CC[C@H]1Oc2ccc(S(=O)(=O)N3CCN(C(=O)c4ccsc4)CC3)cc2NC1=O. The van der Waals surface area contributed by atoms with E-state index in [1.165, 1.54) is 27.8 Å². The first-order valence-electron chi connectivity index (χ1n) is 9.33. The predicted molar refractivity (Wildman–Crippen MR) is 109 cm³/mol. The number of hydrogen-bond acceptors (Lipinski definition) is 6. The summed E-state index contributed by atoms with van der Waals surface area (Å²) in [7, 11) is -3.74. The maximum atomic E-state index is 13.1. The van der Waals surface area contributed by atoms with Crippen LogP contribution in [0.3, 0.4) is 0 Å². The van der Waals surface area contributed by atoms with Gasteiger partial charge in [0.1, 0.15) is 5.75 Å². The van der Waals surface area contributed by atoms with Crippen molar-refractivity contribution in [2.45, 2.75) is 24.3 Å². The molecule has 2 aromatic rings. The molecule has 8 nitrogen and oxygen atoms in total. The van der Waals surface area contributed by atoms with Crippen molar-refractivity contribution >= 4 is 38.9 Å². The number of nitrogens with zero attached hydrogens (tertiary/aromatic N) is 2. The van der Waals surface area contributed by atoms with Crippen LogP contribution in [0.1, 0.15) is 23.7 Å². The summed E-state index contributed by atoms with van der Waals surface area (Å²) in [5.74, 6) is 0.0964. The zero-order valence-electron chi connectivity index (χ0n) is 15.8. The topological polar surface area (TPSA) is 96.0 Å². The molecule has 0 radical (unpaired) electrons. The Kier molecular flexibility index (Phi) is 5.32. The Morgan fingerprint density at radius 2 is 2.00 bits per heavy atom. The molecule has 2 aliphatic heterocycles. The Bertz CT molecular complexity index is 1030. The highest BCUT2D eigenvalue weighted by atomic mass is 32.2. The normalized spacial score (nSPS) is 20.0. The highest BCUT2D eigenvalue weighted by Crippen LogP contribution is 2.33. The fourth-order valence-electron chi connectivity index (χ4n) is 3.41. The van der Waals surface area contributed by atoms with Gasteiger partial charge in [0.15, 0.2) is 6.10 Å². The number of benzene rings is 1. The van der Waals surface area contributed by atoms with E-state index < -0.39 is 16.1 Å². The Hall–Kier alpha value is -2.43. The van der Waals surface area contributed by atoms with Crippen LogP contribution in [0.2, 0.25) is 0 Å². The van der Waals surface area contributed by atoms with Crippen molar-refractivity contribution in [3.8, 4) is 5.75 Å². The van der Waals surface area contributed by atoms with Crippen LogP contribution in [0.15, 0.2) is 39.9 Å². The number of piperazine rings is 1. The molecular formula is C19H21N3O5S2. The monoisotopic (exact) mass is 435 g/mol. The van der Waals surface area contributed by atoms with E-state index in [0.717, 1.165) is 0 Å². The number of hydrogen-bond donors (Lipinski definition) is 1. The van der Waals surface area contributed by atoms with Crippen molar-refractivity contribution < 1.29 is 22.7 Å². The second-order valence-corrected chi connectivity index (χ2v) is 9.59. The first-order valence-corrected chi connectivity index (χ1v) is 11.7. The molecule has 0 saturated carbocycles. The summed E-state index contributed by atoms with van der Waals surface area (Å²) in [5.41, 5.74) is 0.981. The minimum atomic E-state index is -3.74. The van der Waals surface area contributed by atoms with Crippen molar-refractivity contribution in [2.75, 3.05) is 31.5 Å². The first kappa shape index (κ1) is 19.9. The molecule has 0 bridgehead atoms. The number of amides is 2. The number of carbonyl (C=O) groups is 2. The van der Waals surface area contributed by atoms with E-state index in [9.17, 15) is 18.0 Å². The van der Waals surface area contributed by atoms with E-state index in [0.29, 0.717) is 36.5 Å². The van der Waals surface area contributed by atoms with Crippen molar-refractivity contribution in [1.29, 1.82) is 0 Å². The third-order valence-electron chi connectivity index (χ3n) is 5.07. The average molecular weight is 436 g/mol. The average Bonchev–Trinajstić information content (AvgIpc) is 3.27. The van der Waals surface area contributed by atoms with Crippen LogP contribution in [-0.4, -0.2) is 61.7 Å². The van der Waals surface area contributed by atoms with Gasteiger partial charge < -0.3 is 15.0 Å². The fourth-order valence-corrected chi connectivity index (χ4v) is 5.49. The third kappa shape index (κ3) is 3.75. The number of rotatable bonds is 4. The van der Waals surface area contributed by atoms with Gasteiger partial charge >= 0.3 is 0 Å². The van der Waals surface area contributed by atoms with E-state index in [1.54, 1.807) is 22.4 Å². The van der Waals surface area contributed by atoms with Gasteiger partial charge in [0.25, 0.3) is 11.8 Å². The molecule has 1 aromatic heterocycles. The molecule has 2 amide bonds. The molecule has 10 heteroatoms. The summed E-state index contributed by atoms with van der Waals surface area (Å²) in [6.07, 6.45) is -0.0431. The summed E-state index contributed by atoms with van der Waals surface area (Å²) in [4.78, 5) is 26.2. The maximum absolute atomic E-state index is 13.1. The smallest absolute Gasteiger partial charge is 0.265 e. The summed E-state index contributed by atoms with van der Waals surface area (Å²) in [6.45, 7) is 2.94. The van der Waals surface area contributed by atoms with Crippen molar-refractivity contribution in [1.82, 2.24) is 9.21 Å². The molecule has 3 heterocycles. The van der Waals surface area contributed by atoms with E-state index in [-0.39, 0.29) is 29.8 Å². The molecule has 1 N–H and O–H groups in total. The van der Waals surface area contributed by atoms with Crippen molar-refractivity contribution in [3.63, 3.8) is 0 Å². The largest absolute Gasteiger partial charge is 0.478 e. The van der Waals surface area contributed by atoms with Crippen LogP contribution in [-0.2, 0) is 14.8 Å². The molecule has 154 valence electrons. The number of anilines is 1. The number of thiophene rings is 1. The number of ether oxygens (including phenoxy) is 1. The molecule has 0 aliphatic carbocycles. The van der Waals surface area contributed by atoms with Gasteiger partial charge in [0.05, 0.1) is 16.1 Å². The van der Waals surface area contributed by atoms with Crippen molar-refractivity contribution in [2.24, 2.45) is 0 Å². The van der Waals surface area contributed by atoms with Gasteiger partial charge in [-0.2, -0.15) is 15.6 Å². The highest BCUT2D eigenvalue weighted by molar-refractivity contribution is 7.89. The summed E-state index contributed by atoms with van der Waals surface area (Å²) in [6, 6.07) is 6.25. The minimum Gasteiger partial charge on any atom is -0.478 e. The Morgan fingerprint density at radius 1 is 1.24 bits per heavy atom. The predicted octanol–water partition coefficient (Wildman–Crippen LogP) is 2.00. The number of fused-ring (bicyclic) bond motifs is 1. The van der Waals surface area contributed by atoms with Gasteiger partial charge in [-0.15, -0.1) is 0 Å². The maximum Gasteiger partial charge on any atom is 0.265 e. The number of carbonyl (C=O) groups excluding carboxylic acids is 2. The highest BCUT2D eigenvalue weighted by Gasteiger charge is 2.32. The van der Waals surface area contributed by atoms with Crippen LogP contribution < -0.4 is 10.1 Å². The van der Waals surface area contributed by atoms with Gasteiger partial charge in [-0.25, -0.2) is 8.42 Å². The van der Waals surface area contributed by atoms with E-state index in [4.69, 9.17) is 4.74 Å². The van der Waals surface area contributed by atoms with Gasteiger partial charge in [0, 0.05) is 31.6 Å². The Labute approximate surface area is 173 Å². The molecule has 0 unspecified atom stereocenters. The second kappa shape index (κ2) is 7.77. The zero-order chi connectivity index (χ0) is 20.6. The molecule has 1 aromatic carbocycles. The molecule has 0 spiro atoms. The Balaban J connectivity index is 1.48. The lowest BCUT2D eigenvalue weighted by atomic mass is 10.2. The van der Waals surface area contributed by atoms with Crippen LogP contribution in [0.4, 0.5) is 5.69 Å². The quantitative estimate of drug-likeness (QED) is 0.793. The molecule has 4 rings (SSSR count). The lowest BCUT2D eigenvalue weighted by Crippen LogP contribution is -2.50. The molecular weight excluding hydrogens is 414 g/mol. The van der Waals surface area contributed by atoms with E-state index >= 15 is 0 Å². The number of sulfonamides is 1. The van der Waals surface area contributed by atoms with Crippen molar-refractivity contribution in [3.05, 3.63) is 40.6 Å². The van der Waals surface area contributed by atoms with Gasteiger partial charge in [-0.3, -0.25) is 9.59 Å². The first-order chi connectivity index (χ1) is 13.9. The van der Waals surface area contributed by atoms with Crippen LogP contribution in [0.25, 0.3) is 0 Å².